The summed E-state index contributed by atoms with van der Waals surface area (Å²) >= 11 is 5.95. The number of hydrazone groups is 1. The number of halogens is 2. The summed E-state index contributed by atoms with van der Waals surface area (Å²) in [5, 5.41) is 13.0. The van der Waals surface area contributed by atoms with Crippen LogP contribution in [0.5, 0.6) is 0 Å². The van der Waals surface area contributed by atoms with E-state index in [1.165, 1.54) is 18.3 Å². The number of nitrogens with zero attached hydrogens (tertiary/aromatic N) is 2. The monoisotopic (exact) mass is 367 g/mol. The molecule has 3 aromatic rings. The predicted octanol–water partition coefficient (Wildman–Crippen LogP) is 4.37. The number of nitrogens with one attached hydrogen (secondary N) is 1. The van der Waals surface area contributed by atoms with E-state index in [0.717, 1.165) is 11.6 Å². The number of furan rings is 1. The third-order valence-corrected chi connectivity index (χ3v) is 3.67. The van der Waals surface area contributed by atoms with Crippen LogP contribution in [0.15, 0.2) is 64.1 Å². The molecule has 1 heterocycles. The third kappa shape index (κ3) is 3.97. The molecule has 1 amide bonds. The van der Waals surface area contributed by atoms with Crippen molar-refractivity contribution < 1.29 is 13.6 Å². The molecule has 0 radical (unpaired) electrons. The van der Waals surface area contributed by atoms with Crippen LogP contribution >= 0.6 is 11.6 Å². The molecule has 1 N–H and O–H groups in total. The standard InChI is InChI=1S/C19H11ClFN3O2/c20-14-3-1-2-13(9-14)18-7-5-15(26-18)11-23-24-19(25)16-6-4-12(10-22)8-17(16)21/h1-9,11H,(H,24,25)/b23-11-. The molecule has 0 saturated heterocycles. The fourth-order valence-electron chi connectivity index (χ4n) is 2.20. The number of amides is 1. The Bertz CT molecular complexity index is 1040. The van der Waals surface area contributed by atoms with Gasteiger partial charge in [0.25, 0.3) is 5.91 Å². The summed E-state index contributed by atoms with van der Waals surface area (Å²) in [6.07, 6.45) is 1.30. The van der Waals surface area contributed by atoms with Gasteiger partial charge in [0.05, 0.1) is 23.4 Å². The zero-order chi connectivity index (χ0) is 18.5. The van der Waals surface area contributed by atoms with Crippen LogP contribution in [-0.4, -0.2) is 12.1 Å². The van der Waals surface area contributed by atoms with Crippen molar-refractivity contribution in [1.29, 1.82) is 5.26 Å². The Balaban J connectivity index is 1.68. The van der Waals surface area contributed by atoms with E-state index in [-0.39, 0.29) is 11.1 Å². The number of rotatable bonds is 4. The van der Waals surface area contributed by atoms with Gasteiger partial charge in [0.15, 0.2) is 0 Å². The van der Waals surface area contributed by atoms with Crippen molar-refractivity contribution in [3.05, 3.63) is 82.3 Å². The largest absolute Gasteiger partial charge is 0.455 e. The minimum Gasteiger partial charge on any atom is -0.455 e. The molecule has 7 heteroatoms. The minimum absolute atomic E-state index is 0.131. The van der Waals surface area contributed by atoms with Crippen LogP contribution < -0.4 is 5.43 Å². The quantitative estimate of drug-likeness (QED) is 0.549. The highest BCUT2D eigenvalue weighted by Crippen LogP contribution is 2.24. The topological polar surface area (TPSA) is 78.4 Å². The van der Waals surface area contributed by atoms with Crippen LogP contribution in [-0.2, 0) is 0 Å². The maximum atomic E-state index is 13.8. The highest BCUT2D eigenvalue weighted by molar-refractivity contribution is 6.30. The Morgan fingerprint density at radius 3 is 2.81 bits per heavy atom. The molecule has 26 heavy (non-hydrogen) atoms. The van der Waals surface area contributed by atoms with Gasteiger partial charge < -0.3 is 4.42 Å². The van der Waals surface area contributed by atoms with Crippen molar-refractivity contribution >= 4 is 23.7 Å². The number of carbonyl (C=O) groups excluding carboxylic acids is 1. The molecule has 0 unspecified atom stereocenters. The van der Waals surface area contributed by atoms with Crippen molar-refractivity contribution in [1.82, 2.24) is 5.43 Å². The molecule has 1 aromatic heterocycles. The smallest absolute Gasteiger partial charge is 0.274 e. The molecule has 0 saturated carbocycles. The van der Waals surface area contributed by atoms with Gasteiger partial charge in [-0.3, -0.25) is 4.79 Å². The maximum absolute atomic E-state index is 13.8. The Labute approximate surface area is 153 Å². The molecule has 2 aromatic carbocycles. The first kappa shape index (κ1) is 17.4. The lowest BCUT2D eigenvalue weighted by Crippen LogP contribution is -2.19. The minimum atomic E-state index is -0.794. The average molecular weight is 368 g/mol. The van der Waals surface area contributed by atoms with Gasteiger partial charge in [-0.05, 0) is 42.5 Å². The first-order valence-electron chi connectivity index (χ1n) is 7.45. The Kier molecular flexibility index (Phi) is 5.11. The van der Waals surface area contributed by atoms with E-state index in [1.807, 2.05) is 6.07 Å². The average Bonchev–Trinajstić information content (AvgIpc) is 3.10. The van der Waals surface area contributed by atoms with E-state index in [2.05, 4.69) is 10.5 Å². The van der Waals surface area contributed by atoms with Crippen LogP contribution in [0.1, 0.15) is 21.7 Å². The van der Waals surface area contributed by atoms with Crippen LogP contribution in [0, 0.1) is 17.1 Å². The van der Waals surface area contributed by atoms with Crippen molar-refractivity contribution in [2.75, 3.05) is 0 Å². The van der Waals surface area contributed by atoms with Crippen LogP contribution in [0.2, 0.25) is 5.02 Å². The molecule has 128 valence electrons. The lowest BCUT2D eigenvalue weighted by atomic mass is 10.1. The number of nitriles is 1. The molecule has 0 aliphatic rings. The molecule has 0 spiro atoms. The van der Waals surface area contributed by atoms with Crippen molar-refractivity contribution in [3.63, 3.8) is 0 Å². The zero-order valence-electron chi connectivity index (χ0n) is 13.2. The number of benzene rings is 2. The summed E-state index contributed by atoms with van der Waals surface area (Å²) in [7, 11) is 0. The second-order valence-corrected chi connectivity index (χ2v) is 5.65. The summed E-state index contributed by atoms with van der Waals surface area (Å²) < 4.78 is 19.4. The number of hydrogen-bond donors (Lipinski definition) is 1. The van der Waals surface area contributed by atoms with Gasteiger partial charge in [-0.25, -0.2) is 9.82 Å². The summed E-state index contributed by atoms with van der Waals surface area (Å²) in [5.41, 5.74) is 2.94. The second-order valence-electron chi connectivity index (χ2n) is 5.22. The molecule has 0 atom stereocenters. The first-order valence-corrected chi connectivity index (χ1v) is 7.83. The van der Waals surface area contributed by atoms with Gasteiger partial charge in [-0.15, -0.1) is 0 Å². The summed E-state index contributed by atoms with van der Waals surface area (Å²) in [4.78, 5) is 11.9. The Morgan fingerprint density at radius 2 is 2.08 bits per heavy atom. The lowest BCUT2D eigenvalue weighted by Gasteiger charge is -2.01. The van der Waals surface area contributed by atoms with Gasteiger partial charge in [0, 0.05) is 10.6 Å². The van der Waals surface area contributed by atoms with Crippen LogP contribution in [0.3, 0.4) is 0 Å². The summed E-state index contributed by atoms with van der Waals surface area (Å²) in [6.45, 7) is 0. The lowest BCUT2D eigenvalue weighted by molar-refractivity contribution is 0.0951. The van der Waals surface area contributed by atoms with E-state index in [1.54, 1.807) is 36.4 Å². The number of hydrogen-bond acceptors (Lipinski definition) is 4. The first-order chi connectivity index (χ1) is 12.6. The van der Waals surface area contributed by atoms with Crippen molar-refractivity contribution in [3.8, 4) is 17.4 Å². The van der Waals surface area contributed by atoms with E-state index in [0.29, 0.717) is 16.5 Å². The predicted molar refractivity (Wildman–Crippen MR) is 95.3 cm³/mol. The highest BCUT2D eigenvalue weighted by atomic mass is 35.5. The van der Waals surface area contributed by atoms with E-state index < -0.39 is 11.7 Å². The van der Waals surface area contributed by atoms with Crippen molar-refractivity contribution in [2.45, 2.75) is 0 Å². The normalized spacial score (nSPS) is 10.7. The van der Waals surface area contributed by atoms with Gasteiger partial charge in [-0.1, -0.05) is 23.7 Å². The van der Waals surface area contributed by atoms with E-state index >= 15 is 0 Å². The van der Waals surface area contributed by atoms with E-state index in [9.17, 15) is 9.18 Å². The van der Waals surface area contributed by atoms with Crippen molar-refractivity contribution in [2.24, 2.45) is 5.10 Å². The Hall–Kier alpha value is -3.43. The fraction of sp³-hybridized carbons (Fsp3) is 0. The molecule has 0 aliphatic heterocycles. The SMILES string of the molecule is N#Cc1ccc(C(=O)N/N=C\c2ccc(-c3cccc(Cl)c3)o2)c(F)c1. The van der Waals surface area contributed by atoms with Crippen LogP contribution in [0.25, 0.3) is 11.3 Å². The van der Waals surface area contributed by atoms with Gasteiger partial charge >= 0.3 is 0 Å². The molecule has 0 aliphatic carbocycles. The molecule has 0 bridgehead atoms. The van der Waals surface area contributed by atoms with Gasteiger partial charge in [-0.2, -0.15) is 10.4 Å². The molecule has 3 rings (SSSR count). The molecular weight excluding hydrogens is 357 g/mol. The molecule has 0 fully saturated rings. The fourth-order valence-corrected chi connectivity index (χ4v) is 2.39. The van der Waals surface area contributed by atoms with Gasteiger partial charge in [0.1, 0.15) is 17.3 Å². The molecule has 5 nitrogen and oxygen atoms in total. The van der Waals surface area contributed by atoms with Gasteiger partial charge in [0.2, 0.25) is 0 Å². The summed E-state index contributed by atoms with van der Waals surface area (Å²) in [5.74, 6) is -0.526. The van der Waals surface area contributed by atoms with E-state index in [4.69, 9.17) is 21.3 Å². The second kappa shape index (κ2) is 7.64. The highest BCUT2D eigenvalue weighted by Gasteiger charge is 2.11. The third-order valence-electron chi connectivity index (χ3n) is 3.44. The Morgan fingerprint density at radius 1 is 1.23 bits per heavy atom. The molecular formula is C19H11ClFN3O2. The maximum Gasteiger partial charge on any atom is 0.274 e. The summed E-state index contributed by atoms with van der Waals surface area (Å²) in [6, 6.07) is 16.0. The zero-order valence-corrected chi connectivity index (χ0v) is 14.0. The number of carbonyl (C=O) groups is 1. The van der Waals surface area contributed by atoms with Crippen LogP contribution in [0.4, 0.5) is 4.39 Å².